The molecule has 0 radical (unpaired) electrons. The van der Waals surface area contributed by atoms with Crippen LogP contribution in [0.5, 0.6) is 0 Å². The van der Waals surface area contributed by atoms with E-state index in [1.54, 1.807) is 4.90 Å². The van der Waals surface area contributed by atoms with Gasteiger partial charge in [-0.05, 0) is 60.3 Å². The first-order chi connectivity index (χ1) is 9.64. The Morgan fingerprint density at radius 3 is 2.10 bits per heavy atom. The van der Waals surface area contributed by atoms with E-state index in [-0.39, 0.29) is 30.1 Å². The third kappa shape index (κ3) is 5.56. The molecule has 0 saturated carbocycles. The largest absolute Gasteiger partial charge is 0.466 e. The minimum atomic E-state index is -0.488. The van der Waals surface area contributed by atoms with Gasteiger partial charge in [0, 0.05) is 18.5 Å². The van der Waals surface area contributed by atoms with E-state index in [1.165, 1.54) is 0 Å². The number of likely N-dealkylation sites (tertiary alicyclic amines) is 1. The first-order valence-corrected chi connectivity index (χ1v) is 7.81. The summed E-state index contributed by atoms with van der Waals surface area (Å²) in [5, 5.41) is 0. The highest BCUT2D eigenvalue weighted by Gasteiger charge is 2.37. The van der Waals surface area contributed by atoms with Gasteiger partial charge in [-0.1, -0.05) is 0 Å². The van der Waals surface area contributed by atoms with E-state index in [0.29, 0.717) is 13.0 Å². The van der Waals surface area contributed by atoms with Crippen molar-refractivity contribution < 1.29 is 19.1 Å². The molecule has 1 aliphatic heterocycles. The van der Waals surface area contributed by atoms with Crippen LogP contribution in [-0.2, 0) is 14.3 Å². The van der Waals surface area contributed by atoms with Gasteiger partial charge in [-0.2, -0.15) is 0 Å². The molecule has 1 rings (SSSR count). The summed E-state index contributed by atoms with van der Waals surface area (Å²) in [5.74, 6) is 0.125. The Hall–Kier alpha value is -1.26. The van der Waals surface area contributed by atoms with Gasteiger partial charge in [-0.3, -0.25) is 4.79 Å². The number of rotatable bonds is 3. The maximum Gasteiger partial charge on any atom is 0.410 e. The van der Waals surface area contributed by atoms with Gasteiger partial charge < -0.3 is 14.4 Å². The number of ether oxygens (including phenoxy) is 2. The summed E-state index contributed by atoms with van der Waals surface area (Å²) in [6, 6.07) is 0.144. The van der Waals surface area contributed by atoms with Crippen molar-refractivity contribution in [3.8, 4) is 0 Å². The first kappa shape index (κ1) is 17.8. The van der Waals surface area contributed by atoms with Crippen LogP contribution in [0.1, 0.15) is 60.8 Å². The number of nitrogens with zero attached hydrogens (tertiary/aromatic N) is 1. The summed E-state index contributed by atoms with van der Waals surface area (Å²) in [6.07, 6.45) is 1.78. The molecular formula is C16H29NO4. The van der Waals surface area contributed by atoms with E-state index in [9.17, 15) is 9.59 Å². The van der Waals surface area contributed by atoms with Gasteiger partial charge in [-0.25, -0.2) is 4.79 Å². The Labute approximate surface area is 128 Å². The van der Waals surface area contributed by atoms with E-state index in [4.69, 9.17) is 9.47 Å². The normalized spacial score (nSPS) is 26.4. The lowest BCUT2D eigenvalue weighted by Crippen LogP contribution is -2.51. The topological polar surface area (TPSA) is 55.8 Å². The lowest BCUT2D eigenvalue weighted by molar-refractivity contribution is -0.144. The molecule has 1 saturated heterocycles. The van der Waals surface area contributed by atoms with E-state index in [2.05, 4.69) is 0 Å². The zero-order chi connectivity index (χ0) is 16.2. The van der Waals surface area contributed by atoms with Gasteiger partial charge in [0.25, 0.3) is 0 Å². The van der Waals surface area contributed by atoms with E-state index in [0.717, 1.165) is 12.8 Å². The zero-order valence-corrected chi connectivity index (χ0v) is 14.1. The van der Waals surface area contributed by atoms with Gasteiger partial charge in [0.2, 0.25) is 0 Å². The van der Waals surface area contributed by atoms with Crippen molar-refractivity contribution in [3.63, 3.8) is 0 Å². The second-order valence-electron chi connectivity index (χ2n) is 6.93. The minimum absolute atomic E-state index is 0.0722. The Balaban J connectivity index is 2.62. The number of carbonyl (C=O) groups excluding carboxylic acids is 2. The predicted molar refractivity (Wildman–Crippen MR) is 81.0 cm³/mol. The monoisotopic (exact) mass is 299 g/mol. The van der Waals surface area contributed by atoms with Crippen LogP contribution in [0.2, 0.25) is 0 Å². The molecule has 1 amide bonds. The maximum atomic E-state index is 12.3. The van der Waals surface area contributed by atoms with Crippen LogP contribution in [0.4, 0.5) is 4.79 Å². The fraction of sp³-hybridized carbons (Fsp3) is 0.875. The smallest absolute Gasteiger partial charge is 0.410 e. The number of carbonyl (C=O) groups is 2. The van der Waals surface area contributed by atoms with Crippen molar-refractivity contribution in [3.05, 3.63) is 0 Å². The molecule has 0 aliphatic carbocycles. The third-order valence-corrected chi connectivity index (χ3v) is 3.66. The molecule has 5 heteroatoms. The lowest BCUT2D eigenvalue weighted by atomic mass is 9.85. The highest BCUT2D eigenvalue weighted by molar-refractivity contribution is 5.70. The number of hydrogen-bond donors (Lipinski definition) is 0. The van der Waals surface area contributed by atoms with Crippen molar-refractivity contribution in [2.24, 2.45) is 5.92 Å². The summed E-state index contributed by atoms with van der Waals surface area (Å²) < 4.78 is 10.5. The molecule has 0 bridgehead atoms. The van der Waals surface area contributed by atoms with Gasteiger partial charge in [-0.15, -0.1) is 0 Å². The average molecular weight is 299 g/mol. The molecule has 0 spiro atoms. The van der Waals surface area contributed by atoms with E-state index >= 15 is 0 Å². The van der Waals surface area contributed by atoms with Crippen molar-refractivity contribution >= 4 is 12.1 Å². The summed E-state index contributed by atoms with van der Waals surface area (Å²) in [6.45, 7) is 11.9. The molecule has 1 fully saturated rings. The molecule has 0 aromatic heterocycles. The lowest BCUT2D eigenvalue weighted by Gasteiger charge is -2.42. The Bertz CT molecular complexity index is 363. The van der Waals surface area contributed by atoms with Crippen molar-refractivity contribution in [2.75, 3.05) is 6.61 Å². The third-order valence-electron chi connectivity index (χ3n) is 3.66. The van der Waals surface area contributed by atoms with Gasteiger partial charge >= 0.3 is 12.1 Å². The molecule has 122 valence electrons. The second kappa shape index (κ2) is 7.14. The van der Waals surface area contributed by atoms with Crippen LogP contribution in [-0.4, -0.2) is 41.3 Å². The number of piperidine rings is 1. The highest BCUT2D eigenvalue weighted by Crippen LogP contribution is 2.31. The summed E-state index contributed by atoms with van der Waals surface area (Å²) in [7, 11) is 0. The van der Waals surface area contributed by atoms with Gasteiger partial charge in [0.05, 0.1) is 6.61 Å². The first-order valence-electron chi connectivity index (χ1n) is 7.81. The molecule has 21 heavy (non-hydrogen) atoms. The minimum Gasteiger partial charge on any atom is -0.466 e. The Morgan fingerprint density at radius 2 is 1.67 bits per heavy atom. The molecule has 5 nitrogen and oxygen atoms in total. The molecule has 0 N–H and O–H groups in total. The SMILES string of the molecule is CCOC(=O)CC1CC(C)N(C(=O)OC(C)(C)C)C(C)C1. The van der Waals surface area contributed by atoms with Crippen LogP contribution in [0.15, 0.2) is 0 Å². The summed E-state index contributed by atoms with van der Waals surface area (Å²) in [5.41, 5.74) is -0.488. The predicted octanol–water partition coefficient (Wildman–Crippen LogP) is 3.36. The number of esters is 1. The maximum absolute atomic E-state index is 12.3. The second-order valence-corrected chi connectivity index (χ2v) is 6.93. The van der Waals surface area contributed by atoms with Crippen molar-refractivity contribution in [2.45, 2.75) is 78.5 Å². The van der Waals surface area contributed by atoms with Gasteiger partial charge in [0.1, 0.15) is 5.60 Å². The standard InChI is InChI=1S/C16H29NO4/c1-7-20-14(18)10-13-8-11(2)17(12(3)9-13)15(19)21-16(4,5)6/h11-13H,7-10H2,1-6H3. The van der Waals surface area contributed by atoms with Crippen LogP contribution < -0.4 is 0 Å². The number of hydrogen-bond acceptors (Lipinski definition) is 4. The fourth-order valence-corrected chi connectivity index (χ4v) is 3.02. The Morgan fingerprint density at radius 1 is 1.14 bits per heavy atom. The molecule has 2 atom stereocenters. The van der Waals surface area contributed by atoms with Crippen molar-refractivity contribution in [1.29, 1.82) is 0 Å². The molecule has 1 heterocycles. The van der Waals surface area contributed by atoms with E-state index in [1.807, 2.05) is 41.5 Å². The van der Waals surface area contributed by atoms with Gasteiger partial charge in [0.15, 0.2) is 0 Å². The highest BCUT2D eigenvalue weighted by atomic mass is 16.6. The average Bonchev–Trinajstić information content (AvgIpc) is 2.24. The molecule has 0 aromatic rings. The molecule has 1 aliphatic rings. The van der Waals surface area contributed by atoms with Crippen LogP contribution in [0.25, 0.3) is 0 Å². The zero-order valence-electron chi connectivity index (χ0n) is 14.1. The quantitative estimate of drug-likeness (QED) is 0.750. The van der Waals surface area contributed by atoms with E-state index < -0.39 is 5.60 Å². The van der Waals surface area contributed by atoms with Crippen molar-refractivity contribution in [1.82, 2.24) is 4.90 Å². The van der Waals surface area contributed by atoms with Crippen LogP contribution >= 0.6 is 0 Å². The number of amides is 1. The fourth-order valence-electron chi connectivity index (χ4n) is 3.02. The van der Waals surface area contributed by atoms with Crippen LogP contribution in [0, 0.1) is 5.92 Å². The Kier molecular flexibility index (Phi) is 6.05. The molecular weight excluding hydrogens is 270 g/mol. The summed E-state index contributed by atoms with van der Waals surface area (Å²) in [4.78, 5) is 25.7. The molecule has 0 aromatic carbocycles. The summed E-state index contributed by atoms with van der Waals surface area (Å²) >= 11 is 0. The van der Waals surface area contributed by atoms with Crippen LogP contribution in [0.3, 0.4) is 0 Å². The molecule has 2 unspecified atom stereocenters.